The van der Waals surface area contributed by atoms with Gasteiger partial charge in [-0.05, 0) is 48.0 Å². The topological polar surface area (TPSA) is 72.7 Å². The maximum atomic E-state index is 13.1. The van der Waals surface area contributed by atoms with Crippen molar-refractivity contribution in [3.8, 4) is 0 Å². The van der Waals surface area contributed by atoms with E-state index < -0.39 is 0 Å². The summed E-state index contributed by atoms with van der Waals surface area (Å²) in [5.41, 5.74) is 3.34. The quantitative estimate of drug-likeness (QED) is 0.389. The molecule has 0 spiro atoms. The Morgan fingerprint density at radius 1 is 1.03 bits per heavy atom. The number of carbonyl (C=O) groups excluding carboxylic acids is 1. The van der Waals surface area contributed by atoms with Gasteiger partial charge in [-0.25, -0.2) is 0 Å². The van der Waals surface area contributed by atoms with Crippen molar-refractivity contribution < 1.29 is 4.79 Å². The van der Waals surface area contributed by atoms with E-state index in [0.29, 0.717) is 33.4 Å². The highest BCUT2D eigenvalue weighted by Crippen LogP contribution is 2.28. The molecule has 5 rings (SSSR count). The van der Waals surface area contributed by atoms with Crippen LogP contribution in [0.25, 0.3) is 21.8 Å². The van der Waals surface area contributed by atoms with Crippen LogP contribution in [0.5, 0.6) is 0 Å². The van der Waals surface area contributed by atoms with E-state index in [-0.39, 0.29) is 5.91 Å². The monoisotopic (exact) mass is 447 g/mol. The van der Waals surface area contributed by atoms with Crippen LogP contribution in [0, 0.1) is 0 Å². The summed E-state index contributed by atoms with van der Waals surface area (Å²) in [7, 11) is 0. The zero-order valence-electron chi connectivity index (χ0n) is 16.1. The predicted molar refractivity (Wildman–Crippen MR) is 123 cm³/mol. The Bertz CT molecular complexity index is 1430. The molecule has 0 atom stereocenters. The molecule has 6 nitrogen and oxygen atoms in total. The first-order chi connectivity index (χ1) is 15.1. The van der Waals surface area contributed by atoms with Crippen LogP contribution >= 0.6 is 23.2 Å². The second-order valence-electron chi connectivity index (χ2n) is 7.00. The van der Waals surface area contributed by atoms with Gasteiger partial charge in [-0.1, -0.05) is 35.3 Å². The number of rotatable bonds is 4. The lowest BCUT2D eigenvalue weighted by Gasteiger charge is -2.07. The van der Waals surface area contributed by atoms with Gasteiger partial charge in [0, 0.05) is 33.2 Å². The standard InChI is InChI=1S/C23H15Cl2N5O/c24-16-6-5-15(19(25)10-16)13-30-21-9-14-3-1-8-27-20(14)11-18(21)22(29-30)23(31)28-17-4-2-7-26-12-17/h1-12H,13H2,(H,28,31). The summed E-state index contributed by atoms with van der Waals surface area (Å²) in [5, 5.41) is 10.3. The maximum absolute atomic E-state index is 13.1. The molecule has 3 heterocycles. The molecule has 0 aliphatic rings. The van der Waals surface area contributed by atoms with Crippen molar-refractivity contribution in [3.05, 3.63) is 94.5 Å². The van der Waals surface area contributed by atoms with E-state index in [0.717, 1.165) is 22.0 Å². The molecule has 0 bridgehead atoms. The number of hydrogen-bond acceptors (Lipinski definition) is 4. The number of fused-ring (bicyclic) bond motifs is 2. The summed E-state index contributed by atoms with van der Waals surface area (Å²) in [5.74, 6) is -0.325. The first-order valence-electron chi connectivity index (χ1n) is 9.49. The molecule has 0 aliphatic carbocycles. The molecular weight excluding hydrogens is 433 g/mol. The third-order valence-corrected chi connectivity index (χ3v) is 5.53. The van der Waals surface area contributed by atoms with Crippen LogP contribution in [-0.2, 0) is 6.54 Å². The van der Waals surface area contributed by atoms with E-state index in [9.17, 15) is 4.79 Å². The average molecular weight is 448 g/mol. The average Bonchev–Trinajstić information content (AvgIpc) is 3.12. The Labute approximate surface area is 187 Å². The van der Waals surface area contributed by atoms with Crippen molar-refractivity contribution in [2.24, 2.45) is 0 Å². The highest BCUT2D eigenvalue weighted by Gasteiger charge is 2.19. The summed E-state index contributed by atoms with van der Waals surface area (Å²) in [6.45, 7) is 0.387. The number of aromatic nitrogens is 4. The number of nitrogens with one attached hydrogen (secondary N) is 1. The first kappa shape index (κ1) is 19.5. The van der Waals surface area contributed by atoms with Gasteiger partial charge in [-0.15, -0.1) is 0 Å². The third kappa shape index (κ3) is 3.83. The number of benzene rings is 2. The molecule has 0 saturated heterocycles. The highest BCUT2D eigenvalue weighted by molar-refractivity contribution is 6.35. The second-order valence-corrected chi connectivity index (χ2v) is 7.85. The van der Waals surface area contributed by atoms with Crippen molar-refractivity contribution in [2.75, 3.05) is 5.32 Å². The molecule has 1 N–H and O–H groups in total. The van der Waals surface area contributed by atoms with Gasteiger partial charge in [0.15, 0.2) is 5.69 Å². The third-order valence-electron chi connectivity index (χ3n) is 4.94. The molecule has 0 saturated carbocycles. The van der Waals surface area contributed by atoms with Crippen molar-refractivity contribution >= 4 is 56.6 Å². The summed E-state index contributed by atoms with van der Waals surface area (Å²) < 4.78 is 1.77. The summed E-state index contributed by atoms with van der Waals surface area (Å²) >= 11 is 12.4. The van der Waals surface area contributed by atoms with E-state index in [4.69, 9.17) is 23.2 Å². The molecule has 8 heteroatoms. The van der Waals surface area contributed by atoms with Crippen LogP contribution in [0.1, 0.15) is 16.1 Å². The van der Waals surface area contributed by atoms with Crippen molar-refractivity contribution in [1.82, 2.24) is 19.7 Å². The lowest BCUT2D eigenvalue weighted by Crippen LogP contribution is -2.14. The molecule has 3 aromatic heterocycles. The van der Waals surface area contributed by atoms with Crippen molar-refractivity contribution in [1.29, 1.82) is 0 Å². The van der Waals surface area contributed by atoms with Crippen LogP contribution in [-0.4, -0.2) is 25.7 Å². The molecule has 0 aliphatic heterocycles. The van der Waals surface area contributed by atoms with Gasteiger partial charge in [-0.2, -0.15) is 5.10 Å². The van der Waals surface area contributed by atoms with Crippen LogP contribution in [0.3, 0.4) is 0 Å². The first-order valence-corrected chi connectivity index (χ1v) is 10.2. The van der Waals surface area contributed by atoms with E-state index >= 15 is 0 Å². The van der Waals surface area contributed by atoms with E-state index in [1.165, 1.54) is 0 Å². The van der Waals surface area contributed by atoms with Crippen LogP contribution in [0.2, 0.25) is 10.0 Å². The normalized spacial score (nSPS) is 11.2. The van der Waals surface area contributed by atoms with Gasteiger partial charge in [-0.3, -0.25) is 19.4 Å². The second kappa shape index (κ2) is 7.98. The number of anilines is 1. The van der Waals surface area contributed by atoms with Gasteiger partial charge in [0.2, 0.25) is 0 Å². The molecule has 1 amide bonds. The van der Waals surface area contributed by atoms with Gasteiger partial charge in [0.05, 0.1) is 29.5 Å². The van der Waals surface area contributed by atoms with Gasteiger partial charge >= 0.3 is 0 Å². The van der Waals surface area contributed by atoms with Gasteiger partial charge in [0.25, 0.3) is 5.91 Å². The Hall–Kier alpha value is -3.48. The molecule has 31 heavy (non-hydrogen) atoms. The van der Waals surface area contributed by atoms with Gasteiger partial charge in [0.1, 0.15) is 0 Å². The largest absolute Gasteiger partial charge is 0.319 e. The predicted octanol–water partition coefficient (Wildman–Crippen LogP) is 5.59. The molecule has 0 unspecified atom stereocenters. The minimum absolute atomic E-state index is 0.302. The van der Waals surface area contributed by atoms with E-state index in [1.54, 1.807) is 47.5 Å². The summed E-state index contributed by atoms with van der Waals surface area (Å²) in [6, 6.07) is 16.6. The smallest absolute Gasteiger partial charge is 0.276 e. The summed E-state index contributed by atoms with van der Waals surface area (Å²) in [6.07, 6.45) is 4.95. The lowest BCUT2D eigenvalue weighted by molar-refractivity contribution is 0.102. The highest BCUT2D eigenvalue weighted by atomic mass is 35.5. The van der Waals surface area contributed by atoms with E-state index in [2.05, 4.69) is 20.4 Å². The number of pyridine rings is 2. The maximum Gasteiger partial charge on any atom is 0.276 e. The van der Waals surface area contributed by atoms with Crippen LogP contribution in [0.4, 0.5) is 5.69 Å². The lowest BCUT2D eigenvalue weighted by atomic mass is 10.1. The molecule has 2 aromatic carbocycles. The number of halogens is 2. The molecule has 0 radical (unpaired) electrons. The Morgan fingerprint density at radius 2 is 1.90 bits per heavy atom. The Balaban J connectivity index is 1.64. The fraction of sp³-hybridized carbons (Fsp3) is 0.0435. The molecule has 152 valence electrons. The number of hydrogen-bond donors (Lipinski definition) is 1. The molecule has 5 aromatic rings. The Morgan fingerprint density at radius 3 is 2.71 bits per heavy atom. The zero-order valence-corrected chi connectivity index (χ0v) is 17.6. The summed E-state index contributed by atoms with van der Waals surface area (Å²) in [4.78, 5) is 21.5. The number of carbonyl (C=O) groups is 1. The van der Waals surface area contributed by atoms with E-state index in [1.807, 2.05) is 30.3 Å². The number of nitrogens with zero attached hydrogens (tertiary/aromatic N) is 4. The fourth-order valence-corrected chi connectivity index (χ4v) is 3.93. The molecule has 0 fully saturated rings. The van der Waals surface area contributed by atoms with Crippen LogP contribution in [0.15, 0.2) is 73.2 Å². The minimum atomic E-state index is -0.325. The molecular formula is C23H15Cl2N5O. The fourth-order valence-electron chi connectivity index (χ4n) is 3.47. The van der Waals surface area contributed by atoms with Crippen LogP contribution < -0.4 is 5.32 Å². The Kier molecular flexibility index (Phi) is 5.02. The van der Waals surface area contributed by atoms with Crippen molar-refractivity contribution in [3.63, 3.8) is 0 Å². The minimum Gasteiger partial charge on any atom is -0.319 e. The SMILES string of the molecule is O=C(Nc1cccnc1)c1nn(Cc2ccc(Cl)cc2Cl)c2cc3cccnc3cc12. The zero-order chi connectivity index (χ0) is 21.4. The van der Waals surface area contributed by atoms with Crippen molar-refractivity contribution in [2.45, 2.75) is 6.54 Å². The van der Waals surface area contributed by atoms with Gasteiger partial charge < -0.3 is 5.32 Å². The number of amides is 1.